The van der Waals surface area contributed by atoms with E-state index in [0.29, 0.717) is 32.6 Å². The van der Waals surface area contributed by atoms with Crippen LogP contribution in [-0.2, 0) is 14.3 Å². The third kappa shape index (κ3) is 2.91. The summed E-state index contributed by atoms with van der Waals surface area (Å²) in [7, 11) is 0. The quantitative estimate of drug-likeness (QED) is 0.825. The predicted molar refractivity (Wildman–Crippen MR) is 69.7 cm³/mol. The first-order valence-corrected chi connectivity index (χ1v) is 7.05. The van der Waals surface area contributed by atoms with E-state index in [9.17, 15) is 14.7 Å². The van der Waals surface area contributed by atoms with Gasteiger partial charge in [0.05, 0.1) is 30.6 Å². The van der Waals surface area contributed by atoms with Crippen LogP contribution >= 0.6 is 0 Å². The highest BCUT2D eigenvalue weighted by Crippen LogP contribution is 2.34. The Morgan fingerprint density at radius 3 is 2.42 bits per heavy atom. The van der Waals surface area contributed by atoms with Gasteiger partial charge in [-0.1, -0.05) is 12.8 Å². The Kier molecular flexibility index (Phi) is 4.13. The van der Waals surface area contributed by atoms with Crippen LogP contribution in [0.5, 0.6) is 0 Å². The maximum Gasteiger partial charge on any atom is 0.307 e. The Balaban J connectivity index is 2.14. The summed E-state index contributed by atoms with van der Waals surface area (Å²) >= 11 is 0. The average molecular weight is 269 g/mol. The molecule has 1 saturated carbocycles. The molecule has 2 atom stereocenters. The van der Waals surface area contributed by atoms with Crippen molar-refractivity contribution < 1.29 is 19.4 Å². The molecule has 5 nitrogen and oxygen atoms in total. The van der Waals surface area contributed by atoms with Gasteiger partial charge in [0.1, 0.15) is 0 Å². The highest BCUT2D eigenvalue weighted by molar-refractivity contribution is 5.85. The van der Waals surface area contributed by atoms with Crippen LogP contribution in [-0.4, -0.2) is 47.2 Å². The van der Waals surface area contributed by atoms with Gasteiger partial charge >= 0.3 is 5.97 Å². The molecule has 0 aromatic carbocycles. The van der Waals surface area contributed by atoms with Gasteiger partial charge in [-0.25, -0.2) is 0 Å². The Hall–Kier alpha value is -1.10. The molecule has 19 heavy (non-hydrogen) atoms. The van der Waals surface area contributed by atoms with Crippen LogP contribution in [0.4, 0.5) is 0 Å². The van der Waals surface area contributed by atoms with E-state index in [1.165, 1.54) is 0 Å². The van der Waals surface area contributed by atoms with E-state index in [4.69, 9.17) is 4.74 Å². The van der Waals surface area contributed by atoms with E-state index in [2.05, 4.69) is 0 Å². The maximum atomic E-state index is 12.7. The number of hydrogen-bond donors (Lipinski definition) is 1. The molecule has 1 N–H and O–H groups in total. The number of carbonyl (C=O) groups excluding carboxylic acids is 1. The molecular weight excluding hydrogens is 246 g/mol. The normalized spacial score (nSPS) is 30.9. The number of carboxylic acids is 1. The summed E-state index contributed by atoms with van der Waals surface area (Å²) in [5.41, 5.74) is -0.337. The summed E-state index contributed by atoms with van der Waals surface area (Å²) in [6.07, 6.45) is 3.18. The van der Waals surface area contributed by atoms with E-state index in [1.54, 1.807) is 0 Å². The van der Waals surface area contributed by atoms with Crippen molar-refractivity contribution in [3.63, 3.8) is 0 Å². The lowest BCUT2D eigenvalue weighted by molar-refractivity contribution is -0.160. The molecule has 5 heteroatoms. The monoisotopic (exact) mass is 269 g/mol. The fraction of sp³-hybridized carbons (Fsp3) is 0.857. The van der Waals surface area contributed by atoms with Crippen LogP contribution in [0.2, 0.25) is 0 Å². The second-order valence-electron chi connectivity index (χ2n) is 6.19. The number of carbonyl (C=O) groups is 2. The number of nitrogens with zero attached hydrogens (tertiary/aromatic N) is 1. The van der Waals surface area contributed by atoms with Crippen LogP contribution in [0, 0.1) is 11.8 Å². The smallest absolute Gasteiger partial charge is 0.307 e. The molecule has 0 aromatic heterocycles. The topological polar surface area (TPSA) is 66.8 Å². The summed E-state index contributed by atoms with van der Waals surface area (Å²) in [5.74, 6) is -1.70. The highest BCUT2D eigenvalue weighted by Gasteiger charge is 2.42. The zero-order valence-corrected chi connectivity index (χ0v) is 11.7. The van der Waals surface area contributed by atoms with Gasteiger partial charge in [0.25, 0.3) is 0 Å². The molecular formula is C14H23NO4. The van der Waals surface area contributed by atoms with Gasteiger partial charge < -0.3 is 14.7 Å². The lowest BCUT2D eigenvalue weighted by Crippen LogP contribution is -2.58. The molecule has 1 aliphatic carbocycles. The molecule has 0 aromatic rings. The molecule has 1 amide bonds. The molecule has 1 saturated heterocycles. The molecule has 1 aliphatic heterocycles. The molecule has 0 radical (unpaired) electrons. The van der Waals surface area contributed by atoms with Crippen molar-refractivity contribution in [1.82, 2.24) is 4.90 Å². The number of amides is 1. The van der Waals surface area contributed by atoms with E-state index >= 15 is 0 Å². The van der Waals surface area contributed by atoms with Crippen molar-refractivity contribution in [3.05, 3.63) is 0 Å². The Bertz CT molecular complexity index is 366. The standard InChI is InChI=1S/C14H23NO4/c1-14(2)9-19-8-7-15(14)12(16)10-5-3-4-6-11(10)13(17)18/h10-11H,3-9H2,1-2H3,(H,17,18). The fourth-order valence-corrected chi connectivity index (χ4v) is 3.19. The van der Waals surface area contributed by atoms with Gasteiger partial charge in [-0.3, -0.25) is 9.59 Å². The van der Waals surface area contributed by atoms with Crippen LogP contribution in [0.15, 0.2) is 0 Å². The minimum absolute atomic E-state index is 0.000370. The summed E-state index contributed by atoms with van der Waals surface area (Å²) in [5, 5.41) is 9.29. The lowest BCUT2D eigenvalue weighted by atomic mass is 9.78. The van der Waals surface area contributed by atoms with E-state index in [0.717, 1.165) is 12.8 Å². The van der Waals surface area contributed by atoms with Crippen molar-refractivity contribution in [3.8, 4) is 0 Å². The number of morpholine rings is 1. The van der Waals surface area contributed by atoms with Gasteiger partial charge in [-0.15, -0.1) is 0 Å². The average Bonchev–Trinajstić information content (AvgIpc) is 2.37. The largest absolute Gasteiger partial charge is 0.481 e. The minimum Gasteiger partial charge on any atom is -0.481 e. The zero-order valence-electron chi connectivity index (χ0n) is 11.7. The molecule has 1 heterocycles. The van der Waals surface area contributed by atoms with Gasteiger partial charge in [0.15, 0.2) is 0 Å². The van der Waals surface area contributed by atoms with Gasteiger partial charge in [0, 0.05) is 6.54 Å². The first-order chi connectivity index (χ1) is 8.93. The zero-order chi connectivity index (χ0) is 14.0. The molecule has 0 spiro atoms. The number of aliphatic carboxylic acids is 1. The second kappa shape index (κ2) is 5.49. The lowest BCUT2D eigenvalue weighted by Gasteiger charge is -2.44. The minimum atomic E-state index is -0.830. The van der Waals surface area contributed by atoms with E-state index < -0.39 is 11.9 Å². The van der Waals surface area contributed by atoms with Crippen molar-refractivity contribution in [2.24, 2.45) is 11.8 Å². The summed E-state index contributed by atoms with van der Waals surface area (Å²) in [6.45, 7) is 5.57. The first-order valence-electron chi connectivity index (χ1n) is 7.05. The van der Waals surface area contributed by atoms with Crippen molar-refractivity contribution in [1.29, 1.82) is 0 Å². The van der Waals surface area contributed by atoms with Crippen LogP contribution in [0.3, 0.4) is 0 Å². The van der Waals surface area contributed by atoms with Gasteiger partial charge in [-0.2, -0.15) is 0 Å². The van der Waals surface area contributed by atoms with E-state index in [1.807, 2.05) is 18.7 Å². The highest BCUT2D eigenvalue weighted by atomic mass is 16.5. The third-order valence-corrected chi connectivity index (χ3v) is 4.31. The Morgan fingerprint density at radius 1 is 1.21 bits per heavy atom. The number of rotatable bonds is 2. The summed E-state index contributed by atoms with van der Waals surface area (Å²) in [6, 6.07) is 0. The van der Waals surface area contributed by atoms with Crippen molar-refractivity contribution in [2.75, 3.05) is 19.8 Å². The SMILES string of the molecule is CC1(C)COCCN1C(=O)C1CCCCC1C(=O)O. The predicted octanol–water partition coefficient (Wildman–Crippen LogP) is 1.51. The van der Waals surface area contributed by atoms with Crippen LogP contribution in [0.25, 0.3) is 0 Å². The third-order valence-electron chi connectivity index (χ3n) is 4.31. The van der Waals surface area contributed by atoms with Gasteiger partial charge in [0.2, 0.25) is 5.91 Å². The molecule has 2 unspecified atom stereocenters. The molecule has 2 fully saturated rings. The first kappa shape index (κ1) is 14.3. The molecule has 108 valence electrons. The van der Waals surface area contributed by atoms with Crippen molar-refractivity contribution >= 4 is 11.9 Å². The number of hydrogen-bond acceptors (Lipinski definition) is 3. The second-order valence-corrected chi connectivity index (χ2v) is 6.19. The molecule has 2 aliphatic rings. The van der Waals surface area contributed by atoms with Crippen LogP contribution < -0.4 is 0 Å². The summed E-state index contributed by atoms with van der Waals surface area (Å²) < 4.78 is 5.42. The molecule has 2 rings (SSSR count). The Labute approximate surface area is 113 Å². The number of ether oxygens (including phenoxy) is 1. The van der Waals surface area contributed by atoms with Gasteiger partial charge in [-0.05, 0) is 26.7 Å². The number of carboxylic acid groups (broad SMARTS) is 1. The van der Waals surface area contributed by atoms with E-state index in [-0.39, 0.29) is 17.4 Å². The fourth-order valence-electron chi connectivity index (χ4n) is 3.19. The van der Waals surface area contributed by atoms with Crippen LogP contribution in [0.1, 0.15) is 39.5 Å². The maximum absolute atomic E-state index is 12.7. The Morgan fingerprint density at radius 2 is 1.84 bits per heavy atom. The molecule has 0 bridgehead atoms. The van der Waals surface area contributed by atoms with Crippen molar-refractivity contribution in [2.45, 2.75) is 45.1 Å². The summed E-state index contributed by atoms with van der Waals surface area (Å²) in [4.78, 5) is 25.8.